The molecule has 0 aliphatic carbocycles. The fourth-order valence-electron chi connectivity index (χ4n) is 3.02. The van der Waals surface area contributed by atoms with Crippen molar-refractivity contribution < 1.29 is 4.79 Å². The van der Waals surface area contributed by atoms with E-state index in [9.17, 15) is 4.79 Å². The predicted molar refractivity (Wildman–Crippen MR) is 73.5 cm³/mol. The van der Waals surface area contributed by atoms with Gasteiger partial charge in [0.15, 0.2) is 0 Å². The summed E-state index contributed by atoms with van der Waals surface area (Å²) in [5, 5.41) is 8.53. The molecule has 0 radical (unpaired) electrons. The molecule has 106 valence electrons. The summed E-state index contributed by atoms with van der Waals surface area (Å²) in [4.78, 5) is 18.5. The molecule has 0 aromatic heterocycles. The number of hydrogen-bond acceptors (Lipinski definition) is 4. The maximum absolute atomic E-state index is 12.0. The van der Waals surface area contributed by atoms with Crippen LogP contribution in [-0.2, 0) is 4.79 Å². The molecule has 2 fully saturated rings. The van der Waals surface area contributed by atoms with Crippen LogP contribution in [0.3, 0.4) is 0 Å². The van der Waals surface area contributed by atoms with Crippen molar-refractivity contribution in [2.45, 2.75) is 31.7 Å². The average Bonchev–Trinajstić information content (AvgIpc) is 3.05. The van der Waals surface area contributed by atoms with E-state index in [2.05, 4.69) is 15.9 Å². The van der Waals surface area contributed by atoms with Crippen molar-refractivity contribution in [3.8, 4) is 6.07 Å². The number of likely N-dealkylation sites (N-methyl/N-ethyl adjacent to an activating group) is 1. The van der Waals surface area contributed by atoms with Gasteiger partial charge in [-0.1, -0.05) is 0 Å². The Morgan fingerprint density at radius 2 is 2.11 bits per heavy atom. The first-order chi connectivity index (χ1) is 9.20. The molecule has 0 aromatic carbocycles. The molecule has 2 saturated heterocycles. The molecule has 5 heteroatoms. The number of nitrogens with zero attached hydrogens (tertiary/aromatic N) is 4. The van der Waals surface area contributed by atoms with Crippen LogP contribution in [0, 0.1) is 11.3 Å². The Bertz CT molecular complexity index is 346. The normalized spacial score (nSPS) is 24.5. The Kier molecular flexibility index (Phi) is 5.17. The van der Waals surface area contributed by atoms with Gasteiger partial charge in [-0.3, -0.25) is 14.6 Å². The molecule has 1 unspecified atom stereocenters. The molecule has 0 saturated carbocycles. The first-order valence-electron chi connectivity index (χ1n) is 7.28. The molecule has 19 heavy (non-hydrogen) atoms. The molecule has 1 amide bonds. The predicted octanol–water partition coefficient (Wildman–Crippen LogP) is 0.529. The van der Waals surface area contributed by atoms with Crippen molar-refractivity contribution in [3.63, 3.8) is 0 Å². The molecular weight excluding hydrogens is 240 g/mol. The van der Waals surface area contributed by atoms with E-state index in [0.717, 1.165) is 13.1 Å². The van der Waals surface area contributed by atoms with Gasteiger partial charge in [-0.05, 0) is 32.4 Å². The zero-order chi connectivity index (χ0) is 13.7. The van der Waals surface area contributed by atoms with E-state index in [1.807, 2.05) is 0 Å². The van der Waals surface area contributed by atoms with Gasteiger partial charge in [-0.15, -0.1) is 0 Å². The zero-order valence-corrected chi connectivity index (χ0v) is 11.8. The van der Waals surface area contributed by atoms with Crippen LogP contribution in [0.5, 0.6) is 0 Å². The van der Waals surface area contributed by atoms with Gasteiger partial charge < -0.3 is 4.90 Å². The highest BCUT2D eigenvalue weighted by Crippen LogP contribution is 2.20. The second-order valence-corrected chi connectivity index (χ2v) is 5.64. The third kappa shape index (κ3) is 3.92. The number of amides is 1. The SMILES string of the molecule is CN(CCC#N)C(=O)CN1CCC(N2CCCC2)C1. The van der Waals surface area contributed by atoms with E-state index in [4.69, 9.17) is 5.26 Å². The van der Waals surface area contributed by atoms with E-state index >= 15 is 0 Å². The van der Waals surface area contributed by atoms with Gasteiger partial charge in [0.25, 0.3) is 0 Å². The highest BCUT2D eigenvalue weighted by molar-refractivity contribution is 5.78. The summed E-state index contributed by atoms with van der Waals surface area (Å²) < 4.78 is 0. The molecular formula is C14H24N4O. The van der Waals surface area contributed by atoms with Gasteiger partial charge in [0.1, 0.15) is 0 Å². The summed E-state index contributed by atoms with van der Waals surface area (Å²) in [6, 6.07) is 2.73. The van der Waals surface area contributed by atoms with Gasteiger partial charge >= 0.3 is 0 Å². The number of carbonyl (C=O) groups excluding carboxylic acids is 1. The molecule has 1 atom stereocenters. The number of hydrogen-bond donors (Lipinski definition) is 0. The Hall–Kier alpha value is -1.12. The van der Waals surface area contributed by atoms with Crippen molar-refractivity contribution >= 4 is 5.91 Å². The first kappa shape index (κ1) is 14.3. The molecule has 0 bridgehead atoms. The van der Waals surface area contributed by atoms with Crippen LogP contribution in [-0.4, -0.2) is 73.0 Å². The highest BCUT2D eigenvalue weighted by Gasteiger charge is 2.30. The Morgan fingerprint density at radius 3 is 2.79 bits per heavy atom. The van der Waals surface area contributed by atoms with Gasteiger partial charge in [-0.25, -0.2) is 0 Å². The van der Waals surface area contributed by atoms with Crippen molar-refractivity contribution in [1.82, 2.24) is 14.7 Å². The minimum Gasteiger partial charge on any atom is -0.344 e. The quantitative estimate of drug-likeness (QED) is 0.727. The summed E-state index contributed by atoms with van der Waals surface area (Å²) in [7, 11) is 1.79. The van der Waals surface area contributed by atoms with E-state index < -0.39 is 0 Å². The van der Waals surface area contributed by atoms with E-state index in [1.54, 1.807) is 11.9 Å². The van der Waals surface area contributed by atoms with E-state index in [-0.39, 0.29) is 5.91 Å². The molecule has 2 rings (SSSR count). The third-order valence-corrected chi connectivity index (χ3v) is 4.25. The molecule has 0 N–H and O–H groups in total. The summed E-state index contributed by atoms with van der Waals surface area (Å²) in [5.74, 6) is 0.136. The Morgan fingerprint density at radius 1 is 1.37 bits per heavy atom. The molecule has 0 spiro atoms. The van der Waals surface area contributed by atoms with E-state index in [1.165, 1.54) is 32.4 Å². The minimum atomic E-state index is 0.136. The van der Waals surface area contributed by atoms with E-state index in [0.29, 0.717) is 25.6 Å². The lowest BCUT2D eigenvalue weighted by Gasteiger charge is -2.24. The maximum Gasteiger partial charge on any atom is 0.236 e. The van der Waals surface area contributed by atoms with Gasteiger partial charge in [0, 0.05) is 32.7 Å². The largest absolute Gasteiger partial charge is 0.344 e. The summed E-state index contributed by atoms with van der Waals surface area (Å²) in [5.41, 5.74) is 0. The summed E-state index contributed by atoms with van der Waals surface area (Å²) in [6.07, 6.45) is 4.26. The molecule has 5 nitrogen and oxygen atoms in total. The average molecular weight is 264 g/mol. The lowest BCUT2D eigenvalue weighted by molar-refractivity contribution is -0.130. The van der Waals surface area contributed by atoms with Gasteiger partial charge in [0.2, 0.25) is 5.91 Å². The van der Waals surface area contributed by atoms with Crippen LogP contribution in [0.25, 0.3) is 0 Å². The molecule has 2 aliphatic heterocycles. The lowest BCUT2D eigenvalue weighted by Crippen LogP contribution is -2.40. The Labute approximate surface area is 115 Å². The zero-order valence-electron chi connectivity index (χ0n) is 11.8. The fourth-order valence-corrected chi connectivity index (χ4v) is 3.02. The van der Waals surface area contributed by atoms with Crippen LogP contribution in [0.2, 0.25) is 0 Å². The van der Waals surface area contributed by atoms with Gasteiger partial charge in [0.05, 0.1) is 19.0 Å². The molecule has 2 aliphatic rings. The smallest absolute Gasteiger partial charge is 0.236 e. The number of carbonyl (C=O) groups is 1. The van der Waals surface area contributed by atoms with Crippen molar-refractivity contribution in [2.24, 2.45) is 0 Å². The van der Waals surface area contributed by atoms with Crippen LogP contribution in [0.4, 0.5) is 0 Å². The van der Waals surface area contributed by atoms with Crippen molar-refractivity contribution in [2.75, 3.05) is 46.3 Å². The lowest BCUT2D eigenvalue weighted by atomic mass is 10.2. The van der Waals surface area contributed by atoms with Crippen LogP contribution < -0.4 is 0 Å². The minimum absolute atomic E-state index is 0.136. The fraction of sp³-hybridized carbons (Fsp3) is 0.857. The molecule has 2 heterocycles. The van der Waals surface area contributed by atoms with Crippen molar-refractivity contribution in [3.05, 3.63) is 0 Å². The number of rotatable bonds is 5. The number of likely N-dealkylation sites (tertiary alicyclic amines) is 2. The summed E-state index contributed by atoms with van der Waals surface area (Å²) >= 11 is 0. The van der Waals surface area contributed by atoms with Gasteiger partial charge in [-0.2, -0.15) is 5.26 Å². The summed E-state index contributed by atoms with van der Waals surface area (Å²) in [6.45, 7) is 5.56. The maximum atomic E-state index is 12.0. The first-order valence-corrected chi connectivity index (χ1v) is 7.28. The van der Waals surface area contributed by atoms with Crippen molar-refractivity contribution in [1.29, 1.82) is 5.26 Å². The van der Waals surface area contributed by atoms with Crippen LogP contribution in [0.15, 0.2) is 0 Å². The van der Waals surface area contributed by atoms with Crippen LogP contribution >= 0.6 is 0 Å². The third-order valence-electron chi connectivity index (χ3n) is 4.25. The van der Waals surface area contributed by atoms with Crippen LogP contribution in [0.1, 0.15) is 25.7 Å². The number of nitriles is 1. The monoisotopic (exact) mass is 264 g/mol. The second kappa shape index (κ2) is 6.88. The second-order valence-electron chi connectivity index (χ2n) is 5.64. The topological polar surface area (TPSA) is 50.6 Å². The highest BCUT2D eigenvalue weighted by atomic mass is 16.2. The molecule has 0 aromatic rings. The Balaban J connectivity index is 1.72. The standard InChI is InChI=1S/C14H24N4O/c1-16(7-4-6-15)14(19)12-17-10-5-13(11-17)18-8-2-3-9-18/h13H,2-5,7-12H2,1H3.